The number of aromatic amines is 1. The van der Waals surface area contributed by atoms with Gasteiger partial charge in [0, 0.05) is 24.2 Å². The van der Waals surface area contributed by atoms with E-state index in [1.165, 1.54) is 16.7 Å². The van der Waals surface area contributed by atoms with Crippen molar-refractivity contribution in [2.75, 3.05) is 27.2 Å². The molecule has 0 saturated heterocycles. The van der Waals surface area contributed by atoms with Crippen molar-refractivity contribution in [3.05, 3.63) is 81.1 Å². The minimum absolute atomic E-state index is 0.0653. The molecule has 0 amide bonds. The zero-order chi connectivity index (χ0) is 22.5. The monoisotopic (exact) mass is 436 g/mol. The van der Waals surface area contributed by atoms with Crippen molar-refractivity contribution in [3.8, 4) is 0 Å². The Morgan fingerprint density at radius 2 is 1.74 bits per heavy atom. The lowest BCUT2D eigenvalue weighted by atomic mass is 10.0. The number of nitrogens with zero attached hydrogens (tertiary/aromatic N) is 2. The number of likely N-dealkylation sites (N-methyl/N-ethyl adjacent to an activating group) is 1. The number of aromatic nitrogens is 1. The van der Waals surface area contributed by atoms with Gasteiger partial charge in [0.1, 0.15) is 0 Å². The molecule has 3 aromatic rings. The smallest absolute Gasteiger partial charge is 0.253 e. The summed E-state index contributed by atoms with van der Waals surface area (Å²) in [6.45, 7) is 8.27. The van der Waals surface area contributed by atoms with Gasteiger partial charge in [0.05, 0.1) is 12.6 Å². The molecule has 0 saturated carbocycles. The molecule has 6 heteroatoms. The zero-order valence-electron chi connectivity index (χ0n) is 19.0. The van der Waals surface area contributed by atoms with Gasteiger partial charge in [-0.1, -0.05) is 30.3 Å². The number of rotatable bonds is 7. The van der Waals surface area contributed by atoms with Gasteiger partial charge in [0.15, 0.2) is 5.11 Å². The van der Waals surface area contributed by atoms with Gasteiger partial charge in [-0.25, -0.2) is 0 Å². The van der Waals surface area contributed by atoms with Crippen molar-refractivity contribution < 1.29 is 0 Å². The maximum atomic E-state index is 12.8. The van der Waals surface area contributed by atoms with E-state index in [1.54, 1.807) is 0 Å². The zero-order valence-corrected chi connectivity index (χ0v) is 19.8. The molecule has 1 unspecified atom stereocenters. The van der Waals surface area contributed by atoms with Crippen LogP contribution in [-0.4, -0.2) is 47.1 Å². The predicted molar refractivity (Wildman–Crippen MR) is 134 cm³/mol. The summed E-state index contributed by atoms with van der Waals surface area (Å²) in [4.78, 5) is 20.1. The molecule has 31 heavy (non-hydrogen) atoms. The average molecular weight is 437 g/mol. The SMILES string of the molecule is Cc1cc2cc(CN(CCN(C)C)C(=S)NC(C)c3ccccc3)c(=O)[nH]c2cc1C. The molecule has 1 heterocycles. The summed E-state index contributed by atoms with van der Waals surface area (Å²) < 4.78 is 0. The summed E-state index contributed by atoms with van der Waals surface area (Å²) in [5.41, 5.74) is 5.07. The van der Waals surface area contributed by atoms with Crippen LogP contribution in [0.25, 0.3) is 10.9 Å². The quantitative estimate of drug-likeness (QED) is 0.545. The van der Waals surface area contributed by atoms with Gasteiger partial charge in [-0.2, -0.15) is 0 Å². The van der Waals surface area contributed by atoms with Crippen molar-refractivity contribution in [2.24, 2.45) is 0 Å². The number of thiocarbonyl (C=S) groups is 1. The highest BCUT2D eigenvalue weighted by Gasteiger charge is 2.16. The molecule has 0 aliphatic heterocycles. The third-order valence-electron chi connectivity index (χ3n) is 5.64. The van der Waals surface area contributed by atoms with Gasteiger partial charge >= 0.3 is 0 Å². The van der Waals surface area contributed by atoms with E-state index in [-0.39, 0.29) is 11.6 Å². The summed E-state index contributed by atoms with van der Waals surface area (Å²) in [6, 6.07) is 16.5. The Hall–Kier alpha value is -2.70. The fourth-order valence-electron chi connectivity index (χ4n) is 3.52. The molecule has 0 aliphatic rings. The van der Waals surface area contributed by atoms with E-state index in [9.17, 15) is 4.79 Å². The molecular weight excluding hydrogens is 404 g/mol. The van der Waals surface area contributed by atoms with Crippen LogP contribution in [0.4, 0.5) is 0 Å². The maximum absolute atomic E-state index is 12.8. The van der Waals surface area contributed by atoms with Crippen molar-refractivity contribution in [1.82, 2.24) is 20.1 Å². The third-order valence-corrected chi connectivity index (χ3v) is 6.02. The third kappa shape index (κ3) is 5.93. The number of hydrogen-bond acceptors (Lipinski definition) is 3. The number of nitrogens with one attached hydrogen (secondary N) is 2. The van der Waals surface area contributed by atoms with Gasteiger partial charge < -0.3 is 20.1 Å². The van der Waals surface area contributed by atoms with Crippen LogP contribution < -0.4 is 10.9 Å². The van der Waals surface area contributed by atoms with E-state index < -0.39 is 0 Å². The highest BCUT2D eigenvalue weighted by Crippen LogP contribution is 2.18. The standard InChI is InChI=1S/C25H32N4OS/c1-17-13-21-15-22(24(30)27-23(21)14-18(17)2)16-29(12-11-28(4)5)25(31)26-19(3)20-9-7-6-8-10-20/h6-10,13-15,19H,11-12,16H2,1-5H3,(H,26,31)(H,27,30). The lowest BCUT2D eigenvalue weighted by molar-refractivity contribution is 0.320. The predicted octanol–water partition coefficient (Wildman–Crippen LogP) is 4.14. The lowest BCUT2D eigenvalue weighted by Crippen LogP contribution is -2.44. The minimum atomic E-state index is -0.0653. The number of pyridine rings is 1. The largest absolute Gasteiger partial charge is 0.356 e. The summed E-state index contributed by atoms with van der Waals surface area (Å²) in [5.74, 6) is 0. The van der Waals surface area contributed by atoms with Crippen LogP contribution in [-0.2, 0) is 6.54 Å². The topological polar surface area (TPSA) is 51.4 Å². The van der Waals surface area contributed by atoms with Crippen LogP contribution in [0.3, 0.4) is 0 Å². The van der Waals surface area contributed by atoms with Gasteiger partial charge in [0.2, 0.25) is 0 Å². The van der Waals surface area contributed by atoms with Crippen molar-refractivity contribution in [3.63, 3.8) is 0 Å². The van der Waals surface area contributed by atoms with Crippen molar-refractivity contribution in [2.45, 2.75) is 33.4 Å². The Morgan fingerprint density at radius 1 is 1.06 bits per heavy atom. The second kappa shape index (κ2) is 10.1. The number of benzene rings is 2. The summed E-state index contributed by atoms with van der Waals surface area (Å²) >= 11 is 5.76. The van der Waals surface area contributed by atoms with Crippen LogP contribution in [0.15, 0.2) is 53.3 Å². The number of aryl methyl sites for hydroxylation is 2. The average Bonchev–Trinajstić information content (AvgIpc) is 2.73. The van der Waals surface area contributed by atoms with E-state index in [2.05, 4.69) is 59.1 Å². The van der Waals surface area contributed by atoms with E-state index in [4.69, 9.17) is 12.2 Å². The molecular formula is C25H32N4OS. The van der Waals surface area contributed by atoms with Crippen LogP contribution in [0.1, 0.15) is 35.2 Å². The maximum Gasteiger partial charge on any atom is 0.253 e. The number of H-pyrrole nitrogens is 1. The van der Waals surface area contributed by atoms with Crippen LogP contribution in [0, 0.1) is 13.8 Å². The van der Waals surface area contributed by atoms with Gasteiger partial charge in [-0.15, -0.1) is 0 Å². The lowest BCUT2D eigenvalue weighted by Gasteiger charge is -2.29. The first-order valence-electron chi connectivity index (χ1n) is 10.6. The Balaban J connectivity index is 1.85. The first-order valence-corrected chi connectivity index (χ1v) is 11.0. The van der Waals surface area contributed by atoms with E-state index in [0.29, 0.717) is 17.2 Å². The highest BCUT2D eigenvalue weighted by molar-refractivity contribution is 7.80. The van der Waals surface area contributed by atoms with E-state index >= 15 is 0 Å². The Morgan fingerprint density at radius 3 is 2.42 bits per heavy atom. The molecule has 1 aromatic heterocycles. The first-order chi connectivity index (χ1) is 14.7. The number of hydrogen-bond donors (Lipinski definition) is 2. The normalized spacial score (nSPS) is 12.2. The van der Waals surface area contributed by atoms with Crippen LogP contribution in [0.2, 0.25) is 0 Å². The fraction of sp³-hybridized carbons (Fsp3) is 0.360. The van der Waals surface area contributed by atoms with Crippen molar-refractivity contribution in [1.29, 1.82) is 0 Å². The van der Waals surface area contributed by atoms with E-state index in [0.717, 1.165) is 24.0 Å². The molecule has 0 radical (unpaired) electrons. The van der Waals surface area contributed by atoms with Gasteiger partial charge in [-0.05, 0) is 87.4 Å². The van der Waals surface area contributed by atoms with Crippen LogP contribution >= 0.6 is 12.2 Å². The summed E-state index contributed by atoms with van der Waals surface area (Å²) in [5, 5.41) is 5.13. The molecule has 2 N–H and O–H groups in total. The fourth-order valence-corrected chi connectivity index (χ4v) is 3.85. The second-order valence-corrected chi connectivity index (χ2v) is 8.84. The Kier molecular flexibility index (Phi) is 7.46. The molecule has 0 bridgehead atoms. The molecule has 2 aromatic carbocycles. The molecule has 164 valence electrons. The van der Waals surface area contributed by atoms with Crippen LogP contribution in [0.5, 0.6) is 0 Å². The minimum Gasteiger partial charge on any atom is -0.356 e. The number of fused-ring (bicyclic) bond motifs is 1. The Bertz CT molecular complexity index is 1110. The second-order valence-electron chi connectivity index (χ2n) is 8.45. The van der Waals surface area contributed by atoms with Gasteiger partial charge in [-0.3, -0.25) is 4.79 Å². The molecule has 5 nitrogen and oxygen atoms in total. The molecule has 3 rings (SSSR count). The Labute approximate surface area is 190 Å². The summed E-state index contributed by atoms with van der Waals surface area (Å²) in [7, 11) is 4.07. The molecule has 0 spiro atoms. The van der Waals surface area contributed by atoms with E-state index in [1.807, 2.05) is 44.4 Å². The molecule has 0 aliphatic carbocycles. The van der Waals surface area contributed by atoms with Gasteiger partial charge in [0.25, 0.3) is 5.56 Å². The highest BCUT2D eigenvalue weighted by atomic mass is 32.1. The first kappa shape index (κ1) is 23.0. The summed E-state index contributed by atoms with van der Waals surface area (Å²) in [6.07, 6.45) is 0. The molecule has 1 atom stereocenters. The molecule has 0 fully saturated rings. The van der Waals surface area contributed by atoms with Crippen molar-refractivity contribution >= 4 is 28.2 Å².